The Balaban J connectivity index is 1.46. The normalized spacial score (nSPS) is 17.4. The Bertz CT molecular complexity index is 1870. The second-order valence-corrected chi connectivity index (χ2v) is 12.4. The molecule has 2 bridgehead atoms. The predicted octanol–water partition coefficient (Wildman–Crippen LogP) is 5.49. The summed E-state index contributed by atoms with van der Waals surface area (Å²) < 4.78 is 32.9. The first-order chi connectivity index (χ1) is 20.7. The number of aryl methyl sites for hydroxylation is 1. The Hall–Kier alpha value is -4.47. The number of amides is 1. The molecule has 43 heavy (non-hydrogen) atoms. The molecule has 0 radical (unpaired) electrons. The lowest BCUT2D eigenvalue weighted by Gasteiger charge is -2.58. The summed E-state index contributed by atoms with van der Waals surface area (Å²) in [5.41, 5.74) is 2.69. The number of carbonyl (C=O) groups is 1. The van der Waals surface area contributed by atoms with Gasteiger partial charge in [0.25, 0.3) is 0 Å². The minimum atomic E-state index is -0.693. The molecule has 7 rings (SSSR count). The molecule has 3 aliphatic rings. The fourth-order valence-corrected chi connectivity index (χ4v) is 7.12. The number of nitrogens with one attached hydrogen (secondary N) is 1. The summed E-state index contributed by atoms with van der Waals surface area (Å²) in [5.74, 6) is -1.51. The number of anilines is 1. The summed E-state index contributed by atoms with van der Waals surface area (Å²) in [6, 6.07) is 7.83. The molecule has 220 valence electrons. The molecule has 1 saturated carbocycles. The van der Waals surface area contributed by atoms with Crippen LogP contribution in [0.25, 0.3) is 28.0 Å². The average molecular weight is 583 g/mol. The molecule has 4 aromatic rings. The number of rotatable bonds is 3. The maximum Gasteiger partial charge on any atom is 0.354 e. The lowest BCUT2D eigenvalue weighted by Crippen LogP contribution is -2.63. The topological polar surface area (TPSA) is 93.0 Å². The third kappa shape index (κ3) is 4.34. The first-order valence-electron chi connectivity index (χ1n) is 14.7. The molecule has 1 aliphatic carbocycles. The van der Waals surface area contributed by atoms with Crippen molar-refractivity contribution in [2.45, 2.75) is 51.4 Å². The van der Waals surface area contributed by atoms with Gasteiger partial charge >= 0.3 is 5.69 Å². The molecular formula is C33H32F2N6O2. The van der Waals surface area contributed by atoms with Crippen molar-refractivity contribution < 1.29 is 13.6 Å². The highest BCUT2D eigenvalue weighted by Crippen LogP contribution is 2.56. The second-order valence-electron chi connectivity index (χ2n) is 12.4. The molecule has 8 nitrogen and oxygen atoms in total. The summed E-state index contributed by atoms with van der Waals surface area (Å²) in [7, 11) is 0. The molecule has 0 atom stereocenters. The Kier molecular flexibility index (Phi) is 6.41. The van der Waals surface area contributed by atoms with Crippen molar-refractivity contribution in [3.05, 3.63) is 88.3 Å². The molecule has 10 heteroatoms. The molecule has 2 fully saturated rings. The number of aromatic nitrogens is 4. The zero-order chi connectivity index (χ0) is 30.0. The zero-order valence-electron chi connectivity index (χ0n) is 24.2. The molecule has 5 heterocycles. The zero-order valence-corrected chi connectivity index (χ0v) is 24.2. The van der Waals surface area contributed by atoms with Gasteiger partial charge in [0.2, 0.25) is 5.91 Å². The molecule has 1 amide bonds. The summed E-state index contributed by atoms with van der Waals surface area (Å²) in [6.07, 6.45) is 5.83. The van der Waals surface area contributed by atoms with E-state index in [9.17, 15) is 9.59 Å². The molecule has 1 aromatic carbocycles. The van der Waals surface area contributed by atoms with E-state index in [2.05, 4.69) is 21.9 Å². The van der Waals surface area contributed by atoms with Crippen molar-refractivity contribution >= 4 is 22.6 Å². The number of hydrogen-bond donors (Lipinski definition) is 1. The third-order valence-electron chi connectivity index (χ3n) is 9.13. The number of nitrogens with zero attached hydrogens (tertiary/aromatic N) is 5. The van der Waals surface area contributed by atoms with Crippen LogP contribution < -0.4 is 11.0 Å². The summed E-state index contributed by atoms with van der Waals surface area (Å²) in [5, 5.41) is 3.69. The van der Waals surface area contributed by atoms with E-state index in [0.29, 0.717) is 60.6 Å². The van der Waals surface area contributed by atoms with Crippen LogP contribution in [0.5, 0.6) is 0 Å². The van der Waals surface area contributed by atoms with Gasteiger partial charge in [0, 0.05) is 48.2 Å². The fourth-order valence-electron chi connectivity index (χ4n) is 7.12. The quantitative estimate of drug-likeness (QED) is 0.321. The van der Waals surface area contributed by atoms with Crippen LogP contribution in [0.4, 0.5) is 14.5 Å². The van der Waals surface area contributed by atoms with E-state index in [1.807, 2.05) is 19.9 Å². The van der Waals surface area contributed by atoms with Crippen molar-refractivity contribution in [3.8, 4) is 16.9 Å². The SMILES string of the molecule is C=CC(=O)N1CC2(CC(c3nc(=O)n4c5nc(c(F)cc35)-c3c(F)cccc3NCCCc3ccnc(C(C)C)c3-4)C2)C1. The van der Waals surface area contributed by atoms with Gasteiger partial charge in [-0.3, -0.25) is 9.78 Å². The monoisotopic (exact) mass is 582 g/mol. The fraction of sp³-hybridized carbons (Fsp3) is 0.364. The molecule has 2 aliphatic heterocycles. The van der Waals surface area contributed by atoms with Crippen LogP contribution >= 0.6 is 0 Å². The number of carbonyl (C=O) groups excluding carboxylic acids is 1. The highest BCUT2D eigenvalue weighted by molar-refractivity contribution is 5.88. The van der Waals surface area contributed by atoms with Gasteiger partial charge in [0.05, 0.1) is 22.6 Å². The first kappa shape index (κ1) is 27.4. The lowest BCUT2D eigenvalue weighted by molar-refractivity contribution is -0.146. The highest BCUT2D eigenvalue weighted by atomic mass is 19.1. The van der Waals surface area contributed by atoms with Crippen LogP contribution in [0.3, 0.4) is 0 Å². The van der Waals surface area contributed by atoms with Crippen LogP contribution in [0.1, 0.15) is 61.9 Å². The molecule has 1 N–H and O–H groups in total. The Morgan fingerprint density at radius 3 is 2.70 bits per heavy atom. The van der Waals surface area contributed by atoms with Gasteiger partial charge in [-0.15, -0.1) is 0 Å². The van der Waals surface area contributed by atoms with Crippen LogP contribution in [-0.2, 0) is 11.2 Å². The number of likely N-dealkylation sites (tertiary alicyclic amines) is 1. The van der Waals surface area contributed by atoms with Gasteiger partial charge in [-0.1, -0.05) is 26.5 Å². The molecule has 3 aromatic heterocycles. The van der Waals surface area contributed by atoms with E-state index in [1.165, 1.54) is 22.8 Å². The summed E-state index contributed by atoms with van der Waals surface area (Å²) in [6.45, 7) is 9.34. The number of benzene rings is 1. The maximum atomic E-state index is 16.1. The van der Waals surface area contributed by atoms with Gasteiger partial charge in [-0.05, 0) is 67.5 Å². The van der Waals surface area contributed by atoms with Gasteiger partial charge < -0.3 is 10.2 Å². The van der Waals surface area contributed by atoms with E-state index in [0.717, 1.165) is 18.4 Å². The van der Waals surface area contributed by atoms with Gasteiger partial charge in [0.1, 0.15) is 17.3 Å². The predicted molar refractivity (Wildman–Crippen MR) is 160 cm³/mol. The molecule has 1 spiro atoms. The minimum Gasteiger partial charge on any atom is -0.384 e. The first-order valence-corrected chi connectivity index (χ1v) is 14.7. The Labute approximate surface area is 247 Å². The largest absolute Gasteiger partial charge is 0.384 e. The van der Waals surface area contributed by atoms with Gasteiger partial charge in [0.15, 0.2) is 5.65 Å². The maximum absolute atomic E-state index is 16.1. The minimum absolute atomic E-state index is 0.0213. The smallest absolute Gasteiger partial charge is 0.354 e. The van der Waals surface area contributed by atoms with E-state index < -0.39 is 17.3 Å². The molecule has 1 saturated heterocycles. The van der Waals surface area contributed by atoms with Crippen molar-refractivity contribution in [2.24, 2.45) is 5.41 Å². The van der Waals surface area contributed by atoms with Crippen molar-refractivity contribution in [3.63, 3.8) is 0 Å². The number of hydrogen-bond acceptors (Lipinski definition) is 6. The Morgan fingerprint density at radius 1 is 1.16 bits per heavy atom. The molecule has 0 unspecified atom stereocenters. The van der Waals surface area contributed by atoms with Crippen molar-refractivity contribution in [1.82, 2.24) is 24.4 Å². The van der Waals surface area contributed by atoms with E-state index >= 15 is 8.78 Å². The highest BCUT2D eigenvalue weighted by Gasteiger charge is 2.54. The van der Waals surface area contributed by atoms with E-state index in [1.54, 1.807) is 23.2 Å². The number of fused-ring (bicyclic) bond motifs is 5. The Morgan fingerprint density at radius 2 is 1.95 bits per heavy atom. The van der Waals surface area contributed by atoms with Crippen molar-refractivity contribution in [1.29, 1.82) is 0 Å². The van der Waals surface area contributed by atoms with Gasteiger partial charge in [-0.2, -0.15) is 4.98 Å². The standard InChI is InChI=1S/C33H32F2N6O2/c1-4-25(42)40-16-33(17-40)14-20(15-33)28-21-13-23(35)29-26-22(34)8-5-9-24(26)36-11-6-7-19-10-12-37-27(18(2)3)30(19)41(31(21)38-29)32(43)39-28/h4-5,8-10,12-13,18,20,36H,1,6-7,11,14-17H2,2-3H3. The van der Waals surface area contributed by atoms with E-state index in [4.69, 9.17) is 4.98 Å². The van der Waals surface area contributed by atoms with E-state index in [-0.39, 0.29) is 40.1 Å². The van der Waals surface area contributed by atoms with Crippen LogP contribution in [0, 0.1) is 17.0 Å². The van der Waals surface area contributed by atoms with Crippen molar-refractivity contribution in [2.75, 3.05) is 25.0 Å². The van der Waals surface area contributed by atoms with Crippen LogP contribution in [0.15, 0.2) is 54.0 Å². The molecular weight excluding hydrogens is 550 g/mol. The van der Waals surface area contributed by atoms with Gasteiger partial charge in [-0.25, -0.2) is 23.1 Å². The van der Waals surface area contributed by atoms with Crippen LogP contribution in [0.2, 0.25) is 0 Å². The number of pyridine rings is 2. The summed E-state index contributed by atoms with van der Waals surface area (Å²) in [4.78, 5) is 41.8. The second kappa shape index (κ2) is 10.1. The summed E-state index contributed by atoms with van der Waals surface area (Å²) >= 11 is 0. The van der Waals surface area contributed by atoms with Crippen LogP contribution in [-0.4, -0.2) is 50.0 Å². The number of halogens is 2. The third-order valence-corrected chi connectivity index (χ3v) is 9.13. The lowest BCUT2D eigenvalue weighted by atomic mass is 9.56. The average Bonchev–Trinajstić information content (AvgIpc) is 2.93.